The van der Waals surface area contributed by atoms with Gasteiger partial charge in [-0.1, -0.05) is 25.3 Å². The van der Waals surface area contributed by atoms with Crippen molar-refractivity contribution >= 4 is 23.5 Å². The summed E-state index contributed by atoms with van der Waals surface area (Å²) in [4.78, 5) is 24.3. The third-order valence-corrected chi connectivity index (χ3v) is 6.37. The Morgan fingerprint density at radius 2 is 2.00 bits per heavy atom. The molecule has 27 heavy (non-hydrogen) atoms. The van der Waals surface area contributed by atoms with Crippen LogP contribution in [0, 0.1) is 17.8 Å². The maximum atomic E-state index is 12.2. The van der Waals surface area contributed by atoms with Crippen molar-refractivity contribution in [3.05, 3.63) is 36.5 Å². The number of carbonyl (C=O) groups is 2. The average Bonchev–Trinajstić information content (AvgIpc) is 2.95. The minimum Gasteiger partial charge on any atom is -0.458 e. The molecule has 1 heterocycles. The number of rotatable bonds is 3. The van der Waals surface area contributed by atoms with Crippen LogP contribution in [0.15, 0.2) is 36.5 Å². The Hall–Kier alpha value is -1.67. The number of esters is 2. The molecule has 3 aliphatic rings. The molecule has 8 heteroatoms. The van der Waals surface area contributed by atoms with Crippen LogP contribution in [-0.2, 0) is 19.1 Å². The number of aliphatic hydroxyl groups is 3. The first-order valence-electron chi connectivity index (χ1n) is 8.63. The SMILES string of the molecule is C=C(C)C(=O)O[C@H]1CC(=C)[C@H]2C([C@H]3OC(=O)C(=C)[C@H]13)[C@@](O)(CCl)[C@@H](O)[C@@H]2O. The molecular weight excluding hydrogens is 376 g/mol. The minimum absolute atomic E-state index is 0.0979. The van der Waals surface area contributed by atoms with Gasteiger partial charge in [0.2, 0.25) is 0 Å². The fourth-order valence-electron chi connectivity index (χ4n) is 4.58. The second-order valence-electron chi connectivity index (χ2n) is 7.62. The fraction of sp³-hybridized carbons (Fsp3) is 0.579. The molecule has 0 spiro atoms. The van der Waals surface area contributed by atoms with Gasteiger partial charge in [0.15, 0.2) is 0 Å². The topological polar surface area (TPSA) is 113 Å². The Labute approximate surface area is 161 Å². The Morgan fingerprint density at radius 1 is 1.37 bits per heavy atom. The number of fused-ring (bicyclic) bond motifs is 3. The summed E-state index contributed by atoms with van der Waals surface area (Å²) in [5, 5.41) is 32.0. The van der Waals surface area contributed by atoms with E-state index in [0.717, 1.165) is 0 Å². The molecule has 7 nitrogen and oxygen atoms in total. The first kappa shape index (κ1) is 20.1. The van der Waals surface area contributed by atoms with Crippen molar-refractivity contribution in [3.63, 3.8) is 0 Å². The Morgan fingerprint density at radius 3 is 2.56 bits per heavy atom. The van der Waals surface area contributed by atoms with Gasteiger partial charge in [0.05, 0.1) is 17.9 Å². The zero-order valence-corrected chi connectivity index (χ0v) is 15.7. The third kappa shape index (κ3) is 2.84. The van der Waals surface area contributed by atoms with Gasteiger partial charge in [-0.15, -0.1) is 11.6 Å². The molecule has 0 radical (unpaired) electrons. The van der Waals surface area contributed by atoms with E-state index in [1.54, 1.807) is 0 Å². The van der Waals surface area contributed by atoms with Crippen LogP contribution in [0.1, 0.15) is 13.3 Å². The summed E-state index contributed by atoms with van der Waals surface area (Å²) in [5.74, 6) is -4.18. The molecule has 0 aromatic rings. The number of hydrogen-bond acceptors (Lipinski definition) is 7. The third-order valence-electron chi connectivity index (χ3n) is 5.94. The molecule has 3 fully saturated rings. The standard InChI is InChI=1S/C19H23ClO7/c1-7(2)17(23)26-10-5-8(3)11-13(15-12(10)9(4)18(24)27-15)19(25,6-20)16(22)14(11)21/h10-16,21-22,25H,1,3-6H2,2H3/t10-,11-,12+,13?,14+,15-,16-,19-/m0/s1. The van der Waals surface area contributed by atoms with Gasteiger partial charge >= 0.3 is 11.9 Å². The number of carbonyl (C=O) groups excluding carboxylic acids is 2. The molecule has 1 unspecified atom stereocenters. The molecule has 3 rings (SSSR count). The van der Waals surface area contributed by atoms with Gasteiger partial charge in [-0.3, -0.25) is 0 Å². The van der Waals surface area contributed by atoms with E-state index in [1.807, 2.05) is 0 Å². The highest BCUT2D eigenvalue weighted by molar-refractivity contribution is 6.18. The van der Waals surface area contributed by atoms with E-state index in [1.165, 1.54) is 6.92 Å². The van der Waals surface area contributed by atoms with Crippen molar-refractivity contribution in [1.29, 1.82) is 0 Å². The highest BCUT2D eigenvalue weighted by Gasteiger charge is 2.67. The number of halogens is 1. The van der Waals surface area contributed by atoms with Crippen LogP contribution >= 0.6 is 11.6 Å². The summed E-state index contributed by atoms with van der Waals surface area (Å²) in [7, 11) is 0. The lowest BCUT2D eigenvalue weighted by Gasteiger charge is -2.36. The van der Waals surface area contributed by atoms with Crippen LogP contribution < -0.4 is 0 Å². The van der Waals surface area contributed by atoms with Crippen molar-refractivity contribution < 1.29 is 34.4 Å². The average molecular weight is 399 g/mol. The first-order valence-corrected chi connectivity index (χ1v) is 9.16. The van der Waals surface area contributed by atoms with E-state index in [0.29, 0.717) is 5.57 Å². The summed E-state index contributed by atoms with van der Waals surface area (Å²) in [6.07, 6.45) is -4.59. The van der Waals surface area contributed by atoms with Gasteiger partial charge in [0.25, 0.3) is 0 Å². The smallest absolute Gasteiger partial charge is 0.334 e. The molecule has 1 saturated heterocycles. The summed E-state index contributed by atoms with van der Waals surface area (Å²) in [6, 6.07) is 0. The summed E-state index contributed by atoms with van der Waals surface area (Å²) < 4.78 is 11.0. The van der Waals surface area contributed by atoms with Crippen LogP contribution in [0.4, 0.5) is 0 Å². The molecule has 3 N–H and O–H groups in total. The molecule has 2 saturated carbocycles. The number of aliphatic hydroxyl groups excluding tert-OH is 2. The van der Waals surface area contributed by atoms with Crippen LogP contribution in [0.25, 0.3) is 0 Å². The van der Waals surface area contributed by atoms with Crippen molar-refractivity contribution in [2.24, 2.45) is 17.8 Å². The van der Waals surface area contributed by atoms with Crippen molar-refractivity contribution in [2.75, 3.05) is 5.88 Å². The van der Waals surface area contributed by atoms with E-state index >= 15 is 0 Å². The van der Waals surface area contributed by atoms with Gasteiger partial charge in [-0.2, -0.15) is 0 Å². The quantitative estimate of drug-likeness (QED) is 0.274. The van der Waals surface area contributed by atoms with Gasteiger partial charge in [-0.05, 0) is 6.92 Å². The summed E-state index contributed by atoms with van der Waals surface area (Å²) in [5.41, 5.74) is -1.16. The van der Waals surface area contributed by atoms with Gasteiger partial charge < -0.3 is 24.8 Å². The second kappa shape index (κ2) is 6.74. The highest BCUT2D eigenvalue weighted by atomic mass is 35.5. The van der Waals surface area contributed by atoms with Crippen molar-refractivity contribution in [2.45, 2.75) is 43.4 Å². The van der Waals surface area contributed by atoms with Crippen LogP contribution in [0.3, 0.4) is 0 Å². The number of ether oxygens (including phenoxy) is 2. The molecule has 8 atom stereocenters. The Bertz CT molecular complexity index is 732. The van der Waals surface area contributed by atoms with Crippen molar-refractivity contribution in [3.8, 4) is 0 Å². The Kier molecular flexibility index (Phi) is 5.01. The first-order chi connectivity index (χ1) is 12.5. The molecule has 2 aliphatic carbocycles. The predicted octanol–water partition coefficient (Wildman–Crippen LogP) is 0.470. The zero-order valence-electron chi connectivity index (χ0n) is 14.9. The maximum Gasteiger partial charge on any atom is 0.334 e. The fourth-order valence-corrected chi connectivity index (χ4v) is 4.92. The van der Waals surface area contributed by atoms with E-state index in [2.05, 4.69) is 19.7 Å². The van der Waals surface area contributed by atoms with E-state index in [-0.39, 0.29) is 23.4 Å². The van der Waals surface area contributed by atoms with E-state index in [9.17, 15) is 24.9 Å². The molecule has 0 bridgehead atoms. The molecule has 0 amide bonds. The second-order valence-corrected chi connectivity index (χ2v) is 7.89. The van der Waals surface area contributed by atoms with E-state index in [4.69, 9.17) is 21.1 Å². The van der Waals surface area contributed by atoms with Gasteiger partial charge in [-0.25, -0.2) is 9.59 Å². The van der Waals surface area contributed by atoms with Crippen LogP contribution in [-0.4, -0.2) is 63.2 Å². The van der Waals surface area contributed by atoms with Gasteiger partial charge in [0, 0.05) is 29.4 Å². The molecule has 1 aliphatic heterocycles. The lowest BCUT2D eigenvalue weighted by Crippen LogP contribution is -2.52. The molecule has 0 aromatic heterocycles. The maximum absolute atomic E-state index is 12.2. The summed E-state index contributed by atoms with van der Waals surface area (Å²) in [6.45, 7) is 12.8. The minimum atomic E-state index is -1.91. The van der Waals surface area contributed by atoms with Crippen LogP contribution in [0.5, 0.6) is 0 Å². The lowest BCUT2D eigenvalue weighted by atomic mass is 9.76. The Balaban J connectivity index is 2.09. The molecule has 148 valence electrons. The highest BCUT2D eigenvalue weighted by Crippen LogP contribution is 2.55. The number of hydrogen-bond donors (Lipinski definition) is 3. The monoisotopic (exact) mass is 398 g/mol. The normalized spacial score (nSPS) is 43.6. The molecule has 0 aromatic carbocycles. The lowest BCUT2D eigenvalue weighted by molar-refractivity contribution is -0.155. The predicted molar refractivity (Wildman–Crippen MR) is 95.6 cm³/mol. The molecular formula is C19H23ClO7. The van der Waals surface area contributed by atoms with E-state index < -0.39 is 59.7 Å². The van der Waals surface area contributed by atoms with Crippen molar-refractivity contribution in [1.82, 2.24) is 0 Å². The largest absolute Gasteiger partial charge is 0.458 e. The number of alkyl halides is 1. The zero-order chi connectivity index (χ0) is 20.3. The summed E-state index contributed by atoms with van der Waals surface area (Å²) >= 11 is 5.94. The van der Waals surface area contributed by atoms with Gasteiger partial charge in [0.1, 0.15) is 23.9 Å². The van der Waals surface area contributed by atoms with Crippen LogP contribution in [0.2, 0.25) is 0 Å².